The van der Waals surface area contributed by atoms with Gasteiger partial charge >= 0.3 is 0 Å². The van der Waals surface area contributed by atoms with Gasteiger partial charge in [0.25, 0.3) is 5.91 Å². The molecule has 1 heterocycles. The minimum Gasteiger partial charge on any atom is -0.378 e. The average molecular weight is 328 g/mol. The molecular formula is C18H20N2O2S. The number of hydrogen-bond acceptors (Lipinski definition) is 4. The quantitative estimate of drug-likeness (QED) is 0.872. The minimum atomic E-state index is -0.0749. The van der Waals surface area contributed by atoms with E-state index in [0.717, 1.165) is 42.6 Å². The van der Waals surface area contributed by atoms with Crippen LogP contribution in [0, 0.1) is 0 Å². The summed E-state index contributed by atoms with van der Waals surface area (Å²) in [5.41, 5.74) is 2.68. The number of hydrogen-bond donors (Lipinski definition) is 1. The van der Waals surface area contributed by atoms with Crippen LogP contribution in [0.3, 0.4) is 0 Å². The minimum absolute atomic E-state index is 0.0749. The van der Waals surface area contributed by atoms with E-state index < -0.39 is 0 Å². The zero-order valence-electron chi connectivity index (χ0n) is 13.1. The molecule has 1 aliphatic rings. The van der Waals surface area contributed by atoms with E-state index in [-0.39, 0.29) is 5.91 Å². The molecule has 23 heavy (non-hydrogen) atoms. The van der Waals surface area contributed by atoms with Crippen LogP contribution in [0.1, 0.15) is 10.4 Å². The van der Waals surface area contributed by atoms with E-state index in [2.05, 4.69) is 10.2 Å². The largest absolute Gasteiger partial charge is 0.378 e. The Morgan fingerprint density at radius 3 is 2.48 bits per heavy atom. The first-order valence-electron chi connectivity index (χ1n) is 7.65. The zero-order chi connectivity index (χ0) is 16.1. The summed E-state index contributed by atoms with van der Waals surface area (Å²) in [7, 11) is 0. The van der Waals surface area contributed by atoms with Crippen LogP contribution in [-0.4, -0.2) is 38.5 Å². The Balaban J connectivity index is 1.69. The van der Waals surface area contributed by atoms with Gasteiger partial charge in [0, 0.05) is 29.4 Å². The first-order valence-corrected chi connectivity index (χ1v) is 8.87. The molecule has 1 N–H and O–H groups in total. The summed E-state index contributed by atoms with van der Waals surface area (Å²) >= 11 is 1.58. The lowest BCUT2D eigenvalue weighted by Gasteiger charge is -2.28. The van der Waals surface area contributed by atoms with Gasteiger partial charge in [-0.3, -0.25) is 4.79 Å². The van der Waals surface area contributed by atoms with Gasteiger partial charge in [-0.2, -0.15) is 0 Å². The lowest BCUT2D eigenvalue weighted by atomic mass is 10.2. The molecule has 1 fully saturated rings. The number of morpholine rings is 1. The van der Waals surface area contributed by atoms with Gasteiger partial charge < -0.3 is 15.0 Å². The number of nitrogens with zero attached hydrogens (tertiary/aromatic N) is 1. The van der Waals surface area contributed by atoms with Gasteiger partial charge in [0.15, 0.2) is 0 Å². The molecule has 0 unspecified atom stereocenters. The van der Waals surface area contributed by atoms with Gasteiger partial charge in [0.05, 0.1) is 18.8 Å². The lowest BCUT2D eigenvalue weighted by molar-refractivity contribution is 0.102. The van der Waals surface area contributed by atoms with Crippen LogP contribution in [0.25, 0.3) is 0 Å². The predicted octanol–water partition coefficient (Wildman–Crippen LogP) is 3.50. The van der Waals surface area contributed by atoms with Crippen LogP contribution in [0.15, 0.2) is 53.4 Å². The Bertz CT molecular complexity index is 667. The summed E-state index contributed by atoms with van der Waals surface area (Å²) < 4.78 is 5.37. The van der Waals surface area contributed by atoms with Crippen LogP contribution < -0.4 is 10.2 Å². The van der Waals surface area contributed by atoms with E-state index in [4.69, 9.17) is 4.74 Å². The Morgan fingerprint density at radius 2 is 1.78 bits per heavy atom. The number of carbonyl (C=O) groups is 1. The second kappa shape index (κ2) is 7.53. The maximum atomic E-state index is 12.4. The van der Waals surface area contributed by atoms with E-state index in [1.165, 1.54) is 0 Å². The van der Waals surface area contributed by atoms with E-state index in [1.807, 2.05) is 54.8 Å². The smallest absolute Gasteiger partial charge is 0.256 e. The van der Waals surface area contributed by atoms with E-state index in [0.29, 0.717) is 5.56 Å². The van der Waals surface area contributed by atoms with Crippen LogP contribution in [0.2, 0.25) is 0 Å². The summed E-state index contributed by atoms with van der Waals surface area (Å²) in [6.07, 6.45) is 1.98. The normalized spacial score (nSPS) is 14.6. The molecule has 2 aromatic carbocycles. The van der Waals surface area contributed by atoms with Gasteiger partial charge in [0.1, 0.15) is 0 Å². The predicted molar refractivity (Wildman–Crippen MR) is 95.7 cm³/mol. The monoisotopic (exact) mass is 328 g/mol. The average Bonchev–Trinajstić information content (AvgIpc) is 2.63. The van der Waals surface area contributed by atoms with Crippen molar-refractivity contribution < 1.29 is 9.53 Å². The molecule has 1 amide bonds. The fourth-order valence-corrected chi connectivity index (χ4v) is 3.20. The first-order chi connectivity index (χ1) is 11.3. The van der Waals surface area contributed by atoms with Crippen LogP contribution in [0.4, 0.5) is 11.4 Å². The third kappa shape index (κ3) is 3.86. The maximum Gasteiger partial charge on any atom is 0.256 e. The molecule has 0 aliphatic carbocycles. The molecule has 0 atom stereocenters. The Hall–Kier alpha value is -1.98. The van der Waals surface area contributed by atoms with Crippen molar-refractivity contribution in [1.82, 2.24) is 0 Å². The molecule has 1 aliphatic heterocycles. The van der Waals surface area contributed by atoms with Crippen LogP contribution >= 0.6 is 11.8 Å². The molecule has 3 rings (SSSR count). The molecule has 0 bridgehead atoms. The molecule has 0 radical (unpaired) electrons. The van der Waals surface area contributed by atoms with Crippen molar-refractivity contribution in [3.8, 4) is 0 Å². The molecular weight excluding hydrogens is 308 g/mol. The van der Waals surface area contributed by atoms with Crippen LogP contribution in [-0.2, 0) is 4.74 Å². The standard InChI is InChI=1S/C18H20N2O2S/c1-23-17-5-3-2-4-16(17)18(21)19-14-6-8-15(9-7-14)20-10-12-22-13-11-20/h2-9H,10-13H2,1H3,(H,19,21). The molecule has 0 spiro atoms. The summed E-state index contributed by atoms with van der Waals surface area (Å²) in [6, 6.07) is 15.6. The number of rotatable bonds is 4. The van der Waals surface area contributed by atoms with Gasteiger partial charge in [-0.15, -0.1) is 11.8 Å². The number of ether oxygens (including phenoxy) is 1. The molecule has 1 saturated heterocycles. The molecule has 120 valence electrons. The van der Waals surface area contributed by atoms with Crippen molar-refractivity contribution >= 4 is 29.0 Å². The Morgan fingerprint density at radius 1 is 1.09 bits per heavy atom. The third-order valence-corrected chi connectivity index (χ3v) is 4.65. The number of benzene rings is 2. The van der Waals surface area contributed by atoms with Crippen molar-refractivity contribution in [2.75, 3.05) is 42.8 Å². The van der Waals surface area contributed by atoms with Gasteiger partial charge in [-0.25, -0.2) is 0 Å². The van der Waals surface area contributed by atoms with Crippen molar-refractivity contribution in [3.05, 3.63) is 54.1 Å². The van der Waals surface area contributed by atoms with Crippen molar-refractivity contribution in [2.45, 2.75) is 4.90 Å². The van der Waals surface area contributed by atoms with Crippen LogP contribution in [0.5, 0.6) is 0 Å². The SMILES string of the molecule is CSc1ccccc1C(=O)Nc1ccc(N2CCOCC2)cc1. The molecule has 4 nitrogen and oxygen atoms in total. The van der Waals surface area contributed by atoms with Gasteiger partial charge in [-0.05, 0) is 42.7 Å². The third-order valence-electron chi connectivity index (χ3n) is 3.85. The number of nitrogens with one attached hydrogen (secondary N) is 1. The number of amides is 1. The van der Waals surface area contributed by atoms with Crippen molar-refractivity contribution in [1.29, 1.82) is 0 Å². The lowest BCUT2D eigenvalue weighted by Crippen LogP contribution is -2.36. The zero-order valence-corrected chi connectivity index (χ0v) is 13.9. The topological polar surface area (TPSA) is 41.6 Å². The fraction of sp³-hybridized carbons (Fsp3) is 0.278. The number of carbonyl (C=O) groups excluding carboxylic acids is 1. The Labute approximate surface area is 140 Å². The highest BCUT2D eigenvalue weighted by molar-refractivity contribution is 7.98. The van der Waals surface area contributed by atoms with Gasteiger partial charge in [-0.1, -0.05) is 12.1 Å². The summed E-state index contributed by atoms with van der Waals surface area (Å²) in [5, 5.41) is 2.97. The second-order valence-corrected chi connectivity index (χ2v) is 6.15. The second-order valence-electron chi connectivity index (χ2n) is 5.30. The molecule has 2 aromatic rings. The van der Waals surface area contributed by atoms with Crippen molar-refractivity contribution in [3.63, 3.8) is 0 Å². The van der Waals surface area contributed by atoms with Gasteiger partial charge in [0.2, 0.25) is 0 Å². The summed E-state index contributed by atoms with van der Waals surface area (Å²) in [4.78, 5) is 15.7. The highest BCUT2D eigenvalue weighted by Gasteiger charge is 2.13. The first kappa shape index (κ1) is 15.9. The van der Waals surface area contributed by atoms with E-state index in [9.17, 15) is 4.79 Å². The molecule has 0 aromatic heterocycles. The van der Waals surface area contributed by atoms with E-state index in [1.54, 1.807) is 11.8 Å². The fourth-order valence-electron chi connectivity index (χ4n) is 2.61. The Kier molecular flexibility index (Phi) is 5.20. The summed E-state index contributed by atoms with van der Waals surface area (Å²) in [6.45, 7) is 3.35. The number of anilines is 2. The van der Waals surface area contributed by atoms with E-state index >= 15 is 0 Å². The highest BCUT2D eigenvalue weighted by Crippen LogP contribution is 2.22. The number of thioether (sulfide) groups is 1. The molecule has 0 saturated carbocycles. The molecule has 5 heteroatoms. The maximum absolute atomic E-state index is 12.4. The summed E-state index contributed by atoms with van der Waals surface area (Å²) in [5.74, 6) is -0.0749. The highest BCUT2D eigenvalue weighted by atomic mass is 32.2. The van der Waals surface area contributed by atoms with Crippen molar-refractivity contribution in [2.24, 2.45) is 0 Å².